The molecule has 0 aliphatic heterocycles. The monoisotopic (exact) mass is 138 g/mol. The fourth-order valence-corrected chi connectivity index (χ4v) is 0.516. The first kappa shape index (κ1) is 9.03. The van der Waals surface area contributed by atoms with Gasteiger partial charge in [-0.2, -0.15) is 5.10 Å². The van der Waals surface area contributed by atoms with E-state index >= 15 is 0 Å². The molecule has 10 heavy (non-hydrogen) atoms. The lowest BCUT2D eigenvalue weighted by molar-refractivity contribution is 0.439. The van der Waals surface area contributed by atoms with E-state index in [1.165, 1.54) is 0 Å². The highest BCUT2D eigenvalue weighted by atomic mass is 15.4. The van der Waals surface area contributed by atoms with Gasteiger partial charge in [-0.25, -0.2) is 0 Å². The zero-order valence-corrected chi connectivity index (χ0v) is 6.67. The molecule has 0 aromatic heterocycles. The van der Waals surface area contributed by atoms with Gasteiger partial charge in [-0.3, -0.25) is 0 Å². The van der Waals surface area contributed by atoms with Crippen LogP contribution in [0.3, 0.4) is 0 Å². The highest BCUT2D eigenvalue weighted by molar-refractivity contribution is 5.56. The zero-order valence-electron chi connectivity index (χ0n) is 6.67. The van der Waals surface area contributed by atoms with Gasteiger partial charge in [0.1, 0.15) is 0 Å². The molecule has 56 valence electrons. The van der Waals surface area contributed by atoms with Crippen molar-refractivity contribution < 1.29 is 0 Å². The quantitative estimate of drug-likeness (QED) is 0.248. The average Bonchev–Trinajstić information content (AvgIpc) is 1.87. The molecule has 0 radical (unpaired) electrons. The van der Waals surface area contributed by atoms with E-state index in [0.29, 0.717) is 0 Å². The van der Waals surface area contributed by atoms with Gasteiger partial charge in [0.15, 0.2) is 0 Å². The second kappa shape index (κ2) is 6.15. The van der Waals surface area contributed by atoms with Crippen LogP contribution in [0.25, 0.3) is 0 Å². The van der Waals surface area contributed by atoms with Crippen molar-refractivity contribution in [3.05, 3.63) is 0 Å². The second-order valence-electron chi connectivity index (χ2n) is 2.24. The van der Waals surface area contributed by atoms with Crippen LogP contribution in [0, 0.1) is 12.3 Å². The summed E-state index contributed by atoms with van der Waals surface area (Å²) in [6.45, 7) is 0. The summed E-state index contributed by atoms with van der Waals surface area (Å²) in [6, 6.07) is 0. The Hall–Kier alpha value is -0.970. The van der Waals surface area contributed by atoms with Gasteiger partial charge in [0.25, 0.3) is 0 Å². The van der Waals surface area contributed by atoms with E-state index in [1.807, 2.05) is 20.3 Å². The van der Waals surface area contributed by atoms with Gasteiger partial charge in [-0.15, -0.1) is 12.3 Å². The average molecular weight is 138 g/mol. The van der Waals surface area contributed by atoms with Crippen LogP contribution in [0.1, 0.15) is 19.3 Å². The molecule has 2 nitrogen and oxygen atoms in total. The maximum absolute atomic E-state index is 5.07. The predicted molar refractivity (Wildman–Crippen MR) is 44.9 cm³/mol. The molecule has 0 aliphatic carbocycles. The van der Waals surface area contributed by atoms with Gasteiger partial charge in [-0.1, -0.05) is 0 Å². The summed E-state index contributed by atoms with van der Waals surface area (Å²) in [7, 11) is 3.80. The first-order chi connectivity index (χ1) is 4.77. The van der Waals surface area contributed by atoms with E-state index in [2.05, 4.69) is 11.0 Å². The van der Waals surface area contributed by atoms with E-state index in [9.17, 15) is 0 Å². The van der Waals surface area contributed by atoms with Gasteiger partial charge in [0.2, 0.25) is 0 Å². The third-order valence-corrected chi connectivity index (χ3v) is 0.967. The first-order valence-electron chi connectivity index (χ1n) is 3.40. The Morgan fingerprint density at radius 3 is 2.80 bits per heavy atom. The molecule has 0 heterocycles. The lowest BCUT2D eigenvalue weighted by Gasteiger charge is -2.00. The van der Waals surface area contributed by atoms with E-state index < -0.39 is 0 Å². The third kappa shape index (κ3) is 7.03. The van der Waals surface area contributed by atoms with Crippen molar-refractivity contribution in [2.24, 2.45) is 5.10 Å². The van der Waals surface area contributed by atoms with Crippen molar-refractivity contribution >= 4 is 6.21 Å². The van der Waals surface area contributed by atoms with Crippen molar-refractivity contribution in [2.75, 3.05) is 14.1 Å². The molecule has 0 unspecified atom stereocenters. The molecule has 0 saturated carbocycles. The molecule has 0 rings (SSSR count). The smallest absolute Gasteiger partial charge is 0.0245 e. The standard InChI is InChI=1S/C8H14N2/c1-4-5-6-7-8-9-10(2)3/h1,8H,5-7H2,2-3H3/b9-8+. The number of nitrogens with zero attached hydrogens (tertiary/aromatic N) is 2. The van der Waals surface area contributed by atoms with Gasteiger partial charge >= 0.3 is 0 Å². The molecule has 0 fully saturated rings. The van der Waals surface area contributed by atoms with Crippen LogP contribution in [0.5, 0.6) is 0 Å². The Morgan fingerprint density at radius 2 is 2.30 bits per heavy atom. The van der Waals surface area contributed by atoms with Crippen LogP contribution in [0.2, 0.25) is 0 Å². The predicted octanol–water partition coefficient (Wildman–Crippen LogP) is 1.34. The molecule has 0 spiro atoms. The molecule has 0 aromatic rings. The Kier molecular flexibility index (Phi) is 5.56. The number of terminal acetylenes is 1. The minimum absolute atomic E-state index is 0.847. The molecule has 0 amide bonds. The van der Waals surface area contributed by atoms with E-state index in [-0.39, 0.29) is 0 Å². The number of hydrogen-bond acceptors (Lipinski definition) is 2. The van der Waals surface area contributed by atoms with Crippen molar-refractivity contribution in [1.82, 2.24) is 5.01 Å². The molecule has 0 aliphatic rings. The number of unbranched alkanes of at least 4 members (excludes halogenated alkanes) is 2. The summed E-state index contributed by atoms with van der Waals surface area (Å²) in [5.74, 6) is 2.58. The summed E-state index contributed by atoms with van der Waals surface area (Å²) in [4.78, 5) is 0. The normalized spacial score (nSPS) is 9.70. The fourth-order valence-electron chi connectivity index (χ4n) is 0.516. The first-order valence-corrected chi connectivity index (χ1v) is 3.40. The number of hydrazone groups is 1. The Bertz CT molecular complexity index is 131. The molecule has 0 bridgehead atoms. The van der Waals surface area contributed by atoms with Gasteiger partial charge in [0.05, 0.1) is 0 Å². The van der Waals surface area contributed by atoms with Crippen LogP contribution < -0.4 is 0 Å². The molecular formula is C8H14N2. The van der Waals surface area contributed by atoms with Crippen LogP contribution in [-0.4, -0.2) is 25.3 Å². The van der Waals surface area contributed by atoms with E-state index in [0.717, 1.165) is 19.3 Å². The van der Waals surface area contributed by atoms with Crippen molar-refractivity contribution in [1.29, 1.82) is 0 Å². The van der Waals surface area contributed by atoms with Gasteiger partial charge in [-0.05, 0) is 12.8 Å². The maximum Gasteiger partial charge on any atom is 0.0245 e. The van der Waals surface area contributed by atoms with E-state index in [1.54, 1.807) is 5.01 Å². The highest BCUT2D eigenvalue weighted by Gasteiger charge is 1.80. The maximum atomic E-state index is 5.07. The van der Waals surface area contributed by atoms with Crippen molar-refractivity contribution in [2.45, 2.75) is 19.3 Å². The summed E-state index contributed by atoms with van der Waals surface area (Å²) in [6.07, 6.45) is 9.81. The summed E-state index contributed by atoms with van der Waals surface area (Å²) >= 11 is 0. The summed E-state index contributed by atoms with van der Waals surface area (Å²) in [5.41, 5.74) is 0. The third-order valence-electron chi connectivity index (χ3n) is 0.967. The molecule has 0 atom stereocenters. The van der Waals surface area contributed by atoms with Gasteiger partial charge < -0.3 is 5.01 Å². The van der Waals surface area contributed by atoms with Crippen LogP contribution in [0.15, 0.2) is 5.10 Å². The lowest BCUT2D eigenvalue weighted by atomic mass is 10.2. The minimum atomic E-state index is 0.847. The SMILES string of the molecule is C#CCCC/C=N/N(C)C. The zero-order chi connectivity index (χ0) is 7.82. The largest absolute Gasteiger partial charge is 0.303 e. The lowest BCUT2D eigenvalue weighted by Crippen LogP contribution is -2.01. The van der Waals surface area contributed by atoms with Gasteiger partial charge in [0, 0.05) is 26.7 Å². The Balaban J connectivity index is 3.12. The molecule has 0 aromatic carbocycles. The van der Waals surface area contributed by atoms with Crippen LogP contribution >= 0.6 is 0 Å². The molecular weight excluding hydrogens is 124 g/mol. The minimum Gasteiger partial charge on any atom is -0.303 e. The highest BCUT2D eigenvalue weighted by Crippen LogP contribution is 1.89. The fraction of sp³-hybridized carbons (Fsp3) is 0.625. The summed E-state index contributed by atoms with van der Waals surface area (Å²) < 4.78 is 0. The molecule has 0 N–H and O–H groups in total. The van der Waals surface area contributed by atoms with Crippen molar-refractivity contribution in [3.63, 3.8) is 0 Å². The Labute approximate surface area is 62.9 Å². The van der Waals surface area contributed by atoms with Crippen LogP contribution in [0.4, 0.5) is 0 Å². The number of rotatable bonds is 4. The summed E-state index contributed by atoms with van der Waals surface area (Å²) in [5, 5.41) is 5.81. The molecule has 2 heteroatoms. The van der Waals surface area contributed by atoms with E-state index in [4.69, 9.17) is 6.42 Å². The number of hydrogen-bond donors (Lipinski definition) is 0. The van der Waals surface area contributed by atoms with Crippen LogP contribution in [-0.2, 0) is 0 Å². The second-order valence-corrected chi connectivity index (χ2v) is 2.24. The van der Waals surface area contributed by atoms with Crippen molar-refractivity contribution in [3.8, 4) is 12.3 Å². The Morgan fingerprint density at radius 1 is 1.60 bits per heavy atom. The topological polar surface area (TPSA) is 15.6 Å². The molecule has 0 saturated heterocycles.